The van der Waals surface area contributed by atoms with E-state index in [9.17, 15) is 13.2 Å². The fraction of sp³-hybridized carbons (Fsp3) is 0.417. The smallest absolute Gasteiger partial charge is 0.446 e. The van der Waals surface area contributed by atoms with Crippen molar-refractivity contribution < 1.29 is 28.1 Å². The van der Waals surface area contributed by atoms with Crippen molar-refractivity contribution >= 4 is 0 Å². The van der Waals surface area contributed by atoms with Crippen molar-refractivity contribution in [3.8, 4) is 5.75 Å². The molecule has 0 aliphatic carbocycles. The van der Waals surface area contributed by atoms with Gasteiger partial charge in [-0.2, -0.15) is 13.2 Å². The Balaban J connectivity index is 2.59. The van der Waals surface area contributed by atoms with Crippen molar-refractivity contribution in [2.45, 2.75) is 25.3 Å². The molecule has 0 unspecified atom stereocenters. The van der Waals surface area contributed by atoms with Crippen LogP contribution in [-0.2, 0) is 6.42 Å². The molecule has 0 amide bonds. The van der Waals surface area contributed by atoms with Gasteiger partial charge in [0.1, 0.15) is 5.75 Å². The summed E-state index contributed by atoms with van der Waals surface area (Å²) in [6.45, 7) is 0.620. The lowest BCUT2D eigenvalue weighted by Crippen LogP contribution is -2.49. The second-order valence-electron chi connectivity index (χ2n) is 3.86. The Hall–Kier alpha value is -1.27. The summed E-state index contributed by atoms with van der Waals surface area (Å²) in [5, 5.41) is 17.5. The standard InChI is InChI=1S/C12H14F3O3/c1-2-3-9-4-6-10(7-5-9)18-8-11(16,17)12(13,14)15/h2,4-7,16-17H,3,8H2,1H3. The van der Waals surface area contributed by atoms with E-state index in [0.29, 0.717) is 0 Å². The predicted molar refractivity (Wildman–Crippen MR) is 58.8 cm³/mol. The zero-order valence-electron chi connectivity index (χ0n) is 9.74. The number of hydrogen-bond acceptors (Lipinski definition) is 3. The minimum Gasteiger partial charge on any atom is -0.488 e. The number of rotatable bonds is 5. The molecule has 18 heavy (non-hydrogen) atoms. The number of hydrogen-bond donors (Lipinski definition) is 2. The summed E-state index contributed by atoms with van der Waals surface area (Å²) in [5.74, 6) is -3.70. The first-order valence-corrected chi connectivity index (χ1v) is 5.27. The molecule has 3 nitrogen and oxygen atoms in total. The molecule has 0 heterocycles. The second-order valence-corrected chi connectivity index (χ2v) is 3.86. The minimum absolute atomic E-state index is 0.145. The van der Waals surface area contributed by atoms with Crippen LogP contribution in [0.3, 0.4) is 0 Å². The lowest BCUT2D eigenvalue weighted by Gasteiger charge is -2.24. The molecule has 6 heteroatoms. The molecule has 0 bridgehead atoms. The van der Waals surface area contributed by atoms with Crippen molar-refractivity contribution in [3.63, 3.8) is 0 Å². The van der Waals surface area contributed by atoms with E-state index < -0.39 is 18.6 Å². The Kier molecular flexibility index (Phi) is 4.59. The van der Waals surface area contributed by atoms with Gasteiger partial charge in [-0.25, -0.2) is 0 Å². The fourth-order valence-electron chi connectivity index (χ4n) is 1.22. The highest BCUT2D eigenvalue weighted by Crippen LogP contribution is 2.28. The summed E-state index contributed by atoms with van der Waals surface area (Å²) < 4.78 is 41.0. The van der Waals surface area contributed by atoms with Crippen molar-refractivity contribution in [1.82, 2.24) is 0 Å². The third kappa shape index (κ3) is 3.89. The van der Waals surface area contributed by atoms with E-state index in [2.05, 4.69) is 0 Å². The van der Waals surface area contributed by atoms with E-state index in [1.165, 1.54) is 12.1 Å². The lowest BCUT2D eigenvalue weighted by atomic mass is 10.1. The maximum atomic E-state index is 12.1. The summed E-state index contributed by atoms with van der Waals surface area (Å²) in [6, 6.07) is 6.34. The number of halogens is 3. The maximum Gasteiger partial charge on any atom is 0.446 e. The molecule has 0 fully saturated rings. The summed E-state index contributed by atoms with van der Waals surface area (Å²) >= 11 is 0. The van der Waals surface area contributed by atoms with Crippen LogP contribution >= 0.6 is 0 Å². The molecule has 0 aromatic heterocycles. The summed E-state index contributed by atoms with van der Waals surface area (Å²) in [4.78, 5) is 0. The van der Waals surface area contributed by atoms with E-state index in [4.69, 9.17) is 14.9 Å². The van der Waals surface area contributed by atoms with Crippen molar-refractivity contribution in [3.05, 3.63) is 36.2 Å². The predicted octanol–water partition coefficient (Wildman–Crippen LogP) is 2.08. The number of alkyl halides is 3. The van der Waals surface area contributed by atoms with Gasteiger partial charge in [-0.1, -0.05) is 19.1 Å². The van der Waals surface area contributed by atoms with E-state index in [0.717, 1.165) is 12.0 Å². The molecule has 0 aliphatic heterocycles. The van der Waals surface area contributed by atoms with Gasteiger partial charge in [-0.05, 0) is 30.5 Å². The zero-order chi connectivity index (χ0) is 13.8. The summed E-state index contributed by atoms with van der Waals surface area (Å²) in [6.07, 6.45) is -2.47. The third-order valence-corrected chi connectivity index (χ3v) is 2.26. The average Bonchev–Trinajstić information content (AvgIpc) is 2.27. The molecular formula is C12H14F3O3. The molecular weight excluding hydrogens is 249 g/mol. The van der Waals surface area contributed by atoms with Crippen LogP contribution in [0.4, 0.5) is 13.2 Å². The molecule has 2 N–H and O–H groups in total. The largest absolute Gasteiger partial charge is 0.488 e. The monoisotopic (exact) mass is 263 g/mol. The molecule has 0 saturated carbocycles. The average molecular weight is 263 g/mol. The van der Waals surface area contributed by atoms with Gasteiger partial charge in [0.25, 0.3) is 5.79 Å². The van der Waals surface area contributed by atoms with Gasteiger partial charge >= 0.3 is 6.18 Å². The van der Waals surface area contributed by atoms with Crippen LogP contribution < -0.4 is 4.74 Å². The van der Waals surface area contributed by atoms with Crippen molar-refractivity contribution in [2.24, 2.45) is 0 Å². The molecule has 1 aromatic carbocycles. The van der Waals surface area contributed by atoms with Gasteiger partial charge in [-0.15, -0.1) is 0 Å². The van der Waals surface area contributed by atoms with Crippen LogP contribution in [-0.4, -0.2) is 28.8 Å². The number of aliphatic hydroxyl groups is 2. The van der Waals surface area contributed by atoms with Crippen LogP contribution in [0.2, 0.25) is 0 Å². The highest BCUT2D eigenvalue weighted by atomic mass is 19.4. The Bertz CT molecular complexity index is 371. The summed E-state index contributed by atoms with van der Waals surface area (Å²) in [7, 11) is 0. The van der Waals surface area contributed by atoms with Crippen molar-refractivity contribution in [1.29, 1.82) is 0 Å². The van der Waals surface area contributed by atoms with Gasteiger partial charge in [0.2, 0.25) is 0 Å². The van der Waals surface area contributed by atoms with E-state index in [1.807, 2.05) is 13.3 Å². The normalized spacial score (nSPS) is 12.6. The molecule has 1 radical (unpaired) electrons. The van der Waals surface area contributed by atoms with Crippen LogP contribution in [0.5, 0.6) is 5.75 Å². The van der Waals surface area contributed by atoms with Gasteiger partial charge in [0, 0.05) is 0 Å². The fourth-order valence-corrected chi connectivity index (χ4v) is 1.22. The Labute approximate surface area is 103 Å². The highest BCUT2D eigenvalue weighted by Gasteiger charge is 2.53. The Morgan fingerprint density at radius 1 is 1.17 bits per heavy atom. The number of benzene rings is 1. The van der Waals surface area contributed by atoms with Crippen LogP contribution in [0.1, 0.15) is 12.5 Å². The quantitative estimate of drug-likeness (QED) is 0.800. The van der Waals surface area contributed by atoms with E-state index in [1.54, 1.807) is 12.1 Å². The first kappa shape index (κ1) is 14.8. The molecule has 0 atom stereocenters. The maximum absolute atomic E-state index is 12.1. The van der Waals surface area contributed by atoms with Crippen LogP contribution in [0.15, 0.2) is 24.3 Å². The van der Waals surface area contributed by atoms with Gasteiger partial charge in [0.15, 0.2) is 6.61 Å². The minimum atomic E-state index is -5.15. The lowest BCUT2D eigenvalue weighted by molar-refractivity contribution is -0.355. The SMILES string of the molecule is C[CH]Cc1ccc(OCC(O)(O)C(F)(F)F)cc1. The van der Waals surface area contributed by atoms with Crippen LogP contribution in [0.25, 0.3) is 0 Å². The molecule has 0 spiro atoms. The number of ether oxygens (including phenoxy) is 1. The van der Waals surface area contributed by atoms with Gasteiger partial charge < -0.3 is 14.9 Å². The summed E-state index contributed by atoms with van der Waals surface area (Å²) in [5.41, 5.74) is 0.986. The second kappa shape index (κ2) is 5.58. The third-order valence-electron chi connectivity index (χ3n) is 2.26. The van der Waals surface area contributed by atoms with Crippen LogP contribution in [0, 0.1) is 6.42 Å². The first-order chi connectivity index (χ1) is 8.26. The van der Waals surface area contributed by atoms with Gasteiger partial charge in [-0.3, -0.25) is 0 Å². The molecule has 1 aromatic rings. The highest BCUT2D eigenvalue weighted by molar-refractivity contribution is 5.28. The Morgan fingerprint density at radius 3 is 2.17 bits per heavy atom. The Morgan fingerprint density at radius 2 is 1.72 bits per heavy atom. The molecule has 0 saturated heterocycles. The molecule has 0 aliphatic rings. The van der Waals surface area contributed by atoms with Crippen molar-refractivity contribution in [2.75, 3.05) is 6.61 Å². The molecule has 1 rings (SSSR count). The molecule has 101 valence electrons. The van der Waals surface area contributed by atoms with Gasteiger partial charge in [0.05, 0.1) is 0 Å². The van der Waals surface area contributed by atoms with E-state index >= 15 is 0 Å². The van der Waals surface area contributed by atoms with E-state index in [-0.39, 0.29) is 5.75 Å². The first-order valence-electron chi connectivity index (χ1n) is 5.27. The zero-order valence-corrected chi connectivity index (χ0v) is 9.74. The topological polar surface area (TPSA) is 49.7 Å².